The minimum Gasteiger partial charge on any atom is -0.508 e. The molecule has 0 heterocycles. The maximum atomic E-state index is 10.0. The second kappa shape index (κ2) is 3.51. The minimum atomic E-state index is 0.492. The van der Waals surface area contributed by atoms with Crippen LogP contribution in [0.4, 0.5) is 0 Å². The number of rotatable bonds is 1. The zero-order valence-electron chi connectivity index (χ0n) is 11.0. The maximum absolute atomic E-state index is 10.0. The highest BCUT2D eigenvalue weighted by molar-refractivity contribution is 5.37. The van der Waals surface area contributed by atoms with Gasteiger partial charge in [0.1, 0.15) is 5.75 Å². The van der Waals surface area contributed by atoms with E-state index in [0.717, 1.165) is 17.8 Å². The lowest BCUT2D eigenvalue weighted by Crippen LogP contribution is -2.32. The van der Waals surface area contributed by atoms with Gasteiger partial charge in [-0.1, -0.05) is 39.0 Å². The molecule has 1 heteroatoms. The summed E-state index contributed by atoms with van der Waals surface area (Å²) in [6, 6.07) is 7.91. The topological polar surface area (TPSA) is 20.2 Å². The van der Waals surface area contributed by atoms with Crippen molar-refractivity contribution >= 4 is 0 Å². The van der Waals surface area contributed by atoms with Gasteiger partial charge in [0.15, 0.2) is 0 Å². The molecule has 1 aromatic carbocycles. The molecule has 2 bridgehead atoms. The molecule has 1 nitrogen and oxygen atoms in total. The van der Waals surface area contributed by atoms with E-state index in [-0.39, 0.29) is 0 Å². The molecule has 1 N–H and O–H groups in total. The van der Waals surface area contributed by atoms with Gasteiger partial charge < -0.3 is 5.11 Å². The Bertz CT molecular complexity index is 431. The highest BCUT2D eigenvalue weighted by Gasteiger charge is 2.55. The van der Waals surface area contributed by atoms with Gasteiger partial charge in [0, 0.05) is 0 Å². The minimum absolute atomic E-state index is 0.492. The number of phenolic OH excluding ortho intramolecular Hbond substituents is 1. The van der Waals surface area contributed by atoms with Crippen LogP contribution in [0.1, 0.15) is 45.1 Å². The van der Waals surface area contributed by atoms with E-state index in [0.29, 0.717) is 17.1 Å². The summed E-state index contributed by atoms with van der Waals surface area (Å²) < 4.78 is 0. The van der Waals surface area contributed by atoms with E-state index in [2.05, 4.69) is 32.9 Å². The molecule has 1 aromatic rings. The van der Waals surface area contributed by atoms with Crippen molar-refractivity contribution in [2.45, 2.75) is 39.5 Å². The second-order valence-electron chi connectivity index (χ2n) is 6.61. The summed E-state index contributed by atoms with van der Waals surface area (Å²) in [5, 5.41) is 10.0. The largest absolute Gasteiger partial charge is 0.508 e. The summed E-state index contributed by atoms with van der Waals surface area (Å²) in [6.45, 7) is 7.24. The number of hydrogen-bond acceptors (Lipinski definition) is 1. The van der Waals surface area contributed by atoms with Crippen molar-refractivity contribution < 1.29 is 5.11 Å². The SMILES string of the molecule is C[C@H]1[C@@H]2C[C@H](C[C@H]2c2ccccc2O)C1(C)C. The number of aromatic hydroxyl groups is 1. The third kappa shape index (κ3) is 1.44. The molecule has 0 spiro atoms. The molecule has 4 atom stereocenters. The first kappa shape index (κ1) is 11.1. The van der Waals surface area contributed by atoms with Crippen LogP contribution in [0.5, 0.6) is 5.75 Å². The molecule has 92 valence electrons. The van der Waals surface area contributed by atoms with Crippen molar-refractivity contribution in [2.24, 2.45) is 23.2 Å². The van der Waals surface area contributed by atoms with Crippen LogP contribution in [0.15, 0.2) is 24.3 Å². The molecule has 0 aliphatic heterocycles. The Morgan fingerprint density at radius 2 is 1.88 bits per heavy atom. The first-order chi connectivity index (χ1) is 8.01. The van der Waals surface area contributed by atoms with Crippen LogP contribution < -0.4 is 0 Å². The third-order valence-electron chi connectivity index (χ3n) is 5.82. The molecular formula is C16H22O. The van der Waals surface area contributed by atoms with Gasteiger partial charge >= 0.3 is 0 Å². The molecule has 17 heavy (non-hydrogen) atoms. The van der Waals surface area contributed by atoms with Gasteiger partial charge in [-0.15, -0.1) is 0 Å². The molecule has 3 rings (SSSR count). The molecule has 2 aliphatic rings. The molecular weight excluding hydrogens is 208 g/mol. The van der Waals surface area contributed by atoms with Crippen molar-refractivity contribution in [2.75, 3.05) is 0 Å². The van der Waals surface area contributed by atoms with Gasteiger partial charge in [-0.2, -0.15) is 0 Å². The standard InChI is InChI=1S/C16H22O/c1-10-13-8-11(16(10,2)3)9-14(13)12-6-4-5-7-15(12)17/h4-7,10-11,13-14,17H,8-9H2,1-3H3/t10-,11+,13-,14-/m0/s1. The van der Waals surface area contributed by atoms with Crippen LogP contribution in [0, 0.1) is 23.2 Å². The summed E-state index contributed by atoms with van der Waals surface area (Å²) in [5.74, 6) is 3.46. The van der Waals surface area contributed by atoms with Gasteiger partial charge in [0.05, 0.1) is 0 Å². The predicted octanol–water partition coefficient (Wildman–Crippen LogP) is 4.18. The molecule has 2 aliphatic carbocycles. The van der Waals surface area contributed by atoms with E-state index >= 15 is 0 Å². The first-order valence-corrected chi connectivity index (χ1v) is 6.79. The lowest BCUT2D eigenvalue weighted by atomic mass is 9.65. The van der Waals surface area contributed by atoms with Crippen LogP contribution in [-0.4, -0.2) is 5.11 Å². The fourth-order valence-corrected chi connectivity index (χ4v) is 4.31. The Hall–Kier alpha value is -0.980. The van der Waals surface area contributed by atoms with E-state index in [1.54, 1.807) is 0 Å². The van der Waals surface area contributed by atoms with E-state index in [9.17, 15) is 5.11 Å². The lowest BCUT2D eigenvalue weighted by molar-refractivity contribution is 0.121. The zero-order chi connectivity index (χ0) is 12.2. The van der Waals surface area contributed by atoms with Gasteiger partial charge in [-0.3, -0.25) is 0 Å². The van der Waals surface area contributed by atoms with Gasteiger partial charge in [-0.25, -0.2) is 0 Å². The molecule has 0 aromatic heterocycles. The lowest BCUT2D eigenvalue weighted by Gasteiger charge is -2.40. The van der Waals surface area contributed by atoms with Crippen molar-refractivity contribution in [1.82, 2.24) is 0 Å². The van der Waals surface area contributed by atoms with Gasteiger partial charge in [-0.05, 0) is 53.6 Å². The number of benzene rings is 1. The van der Waals surface area contributed by atoms with E-state index in [4.69, 9.17) is 0 Å². The van der Waals surface area contributed by atoms with E-state index in [1.807, 2.05) is 12.1 Å². The molecule has 0 saturated heterocycles. The number of para-hydroxylation sites is 1. The number of phenols is 1. The van der Waals surface area contributed by atoms with Crippen molar-refractivity contribution in [3.8, 4) is 5.75 Å². The summed E-state index contributed by atoms with van der Waals surface area (Å²) in [5.41, 5.74) is 1.67. The van der Waals surface area contributed by atoms with Crippen LogP contribution in [0.2, 0.25) is 0 Å². The Kier molecular flexibility index (Phi) is 2.30. The van der Waals surface area contributed by atoms with Crippen LogP contribution in [0.25, 0.3) is 0 Å². The molecule has 2 saturated carbocycles. The smallest absolute Gasteiger partial charge is 0.119 e. The number of hydrogen-bond donors (Lipinski definition) is 1. The highest BCUT2D eigenvalue weighted by Crippen LogP contribution is 2.64. The molecule has 0 amide bonds. The van der Waals surface area contributed by atoms with E-state index < -0.39 is 0 Å². The average molecular weight is 230 g/mol. The summed E-state index contributed by atoms with van der Waals surface area (Å²) in [7, 11) is 0. The summed E-state index contributed by atoms with van der Waals surface area (Å²) in [4.78, 5) is 0. The molecule has 0 unspecified atom stereocenters. The fraction of sp³-hybridized carbons (Fsp3) is 0.625. The number of fused-ring (bicyclic) bond motifs is 2. The Morgan fingerprint density at radius 3 is 2.47 bits per heavy atom. The molecule has 0 radical (unpaired) electrons. The van der Waals surface area contributed by atoms with Crippen LogP contribution >= 0.6 is 0 Å². The quantitative estimate of drug-likeness (QED) is 0.767. The van der Waals surface area contributed by atoms with Crippen LogP contribution in [-0.2, 0) is 0 Å². The Labute approximate surface area is 104 Å². The average Bonchev–Trinajstić information content (AvgIpc) is 2.80. The molecule has 2 fully saturated rings. The first-order valence-electron chi connectivity index (χ1n) is 6.79. The van der Waals surface area contributed by atoms with Crippen molar-refractivity contribution in [3.63, 3.8) is 0 Å². The van der Waals surface area contributed by atoms with Gasteiger partial charge in [0.25, 0.3) is 0 Å². The zero-order valence-corrected chi connectivity index (χ0v) is 11.0. The fourth-order valence-electron chi connectivity index (χ4n) is 4.31. The predicted molar refractivity (Wildman–Crippen MR) is 70.0 cm³/mol. The van der Waals surface area contributed by atoms with Gasteiger partial charge in [0.2, 0.25) is 0 Å². The Balaban J connectivity index is 1.93. The highest BCUT2D eigenvalue weighted by atomic mass is 16.3. The normalized spacial score (nSPS) is 38.5. The van der Waals surface area contributed by atoms with Crippen LogP contribution in [0.3, 0.4) is 0 Å². The van der Waals surface area contributed by atoms with E-state index in [1.165, 1.54) is 18.4 Å². The third-order valence-corrected chi connectivity index (χ3v) is 5.82. The van der Waals surface area contributed by atoms with Crippen molar-refractivity contribution in [3.05, 3.63) is 29.8 Å². The Morgan fingerprint density at radius 1 is 1.18 bits per heavy atom. The summed E-state index contributed by atoms with van der Waals surface area (Å²) in [6.07, 6.45) is 2.62. The maximum Gasteiger partial charge on any atom is 0.119 e. The second-order valence-corrected chi connectivity index (χ2v) is 6.61. The van der Waals surface area contributed by atoms with Crippen molar-refractivity contribution in [1.29, 1.82) is 0 Å². The monoisotopic (exact) mass is 230 g/mol. The summed E-state index contributed by atoms with van der Waals surface area (Å²) >= 11 is 0.